The van der Waals surface area contributed by atoms with Gasteiger partial charge in [0.05, 0.1) is 6.10 Å². The zero-order valence-electron chi connectivity index (χ0n) is 13.6. The molecule has 0 spiro atoms. The Hall–Kier alpha value is -1.10. The standard InChI is InChI=1S/C16H30N2O3/c1-12(2)10-15(20)11-17-16(21)5-4-14-6-8-18(9-7-14)13(3)19/h12,14-15,20H,4-11H2,1-3H3,(H,17,21). The molecule has 2 N–H and O–H groups in total. The highest BCUT2D eigenvalue weighted by atomic mass is 16.3. The van der Waals surface area contributed by atoms with E-state index < -0.39 is 6.10 Å². The van der Waals surface area contributed by atoms with Gasteiger partial charge in [0, 0.05) is 33.0 Å². The summed E-state index contributed by atoms with van der Waals surface area (Å²) in [5, 5.41) is 12.5. The first-order chi connectivity index (χ1) is 9.88. The van der Waals surface area contributed by atoms with Crippen LogP contribution in [0.4, 0.5) is 0 Å². The second-order valence-corrected chi connectivity index (χ2v) is 6.58. The van der Waals surface area contributed by atoms with Gasteiger partial charge < -0.3 is 15.3 Å². The van der Waals surface area contributed by atoms with Gasteiger partial charge in [0.1, 0.15) is 0 Å². The van der Waals surface area contributed by atoms with Crippen molar-refractivity contribution in [3.8, 4) is 0 Å². The molecule has 21 heavy (non-hydrogen) atoms. The minimum absolute atomic E-state index is 0.0202. The Morgan fingerprint density at radius 2 is 1.90 bits per heavy atom. The van der Waals surface area contributed by atoms with Crippen LogP contribution in [-0.2, 0) is 9.59 Å². The number of amides is 2. The van der Waals surface area contributed by atoms with Crippen molar-refractivity contribution in [2.45, 2.75) is 59.0 Å². The zero-order valence-corrected chi connectivity index (χ0v) is 13.6. The summed E-state index contributed by atoms with van der Waals surface area (Å²) in [6, 6.07) is 0. The van der Waals surface area contributed by atoms with Gasteiger partial charge in [-0.15, -0.1) is 0 Å². The average molecular weight is 298 g/mol. The summed E-state index contributed by atoms with van der Waals surface area (Å²) in [6.45, 7) is 7.69. The van der Waals surface area contributed by atoms with Crippen molar-refractivity contribution in [3.05, 3.63) is 0 Å². The number of nitrogens with zero attached hydrogens (tertiary/aromatic N) is 1. The molecule has 5 nitrogen and oxygen atoms in total. The quantitative estimate of drug-likeness (QED) is 0.749. The van der Waals surface area contributed by atoms with Gasteiger partial charge in [0.2, 0.25) is 11.8 Å². The van der Waals surface area contributed by atoms with E-state index in [9.17, 15) is 14.7 Å². The van der Waals surface area contributed by atoms with Gasteiger partial charge in [-0.05, 0) is 37.5 Å². The van der Waals surface area contributed by atoms with Crippen LogP contribution >= 0.6 is 0 Å². The second-order valence-electron chi connectivity index (χ2n) is 6.58. The molecule has 0 bridgehead atoms. The smallest absolute Gasteiger partial charge is 0.220 e. The molecule has 0 saturated carbocycles. The Kier molecular flexibility index (Phi) is 7.72. The van der Waals surface area contributed by atoms with Crippen LogP contribution in [0.25, 0.3) is 0 Å². The van der Waals surface area contributed by atoms with Crippen molar-refractivity contribution in [3.63, 3.8) is 0 Å². The third kappa shape index (κ3) is 7.46. The Morgan fingerprint density at radius 1 is 1.29 bits per heavy atom. The Labute approximate surface area is 128 Å². The number of nitrogens with one attached hydrogen (secondary N) is 1. The van der Waals surface area contributed by atoms with Gasteiger partial charge in [0.25, 0.3) is 0 Å². The fraction of sp³-hybridized carbons (Fsp3) is 0.875. The lowest BCUT2D eigenvalue weighted by Gasteiger charge is -2.31. The Bertz CT molecular complexity index is 336. The highest BCUT2D eigenvalue weighted by Gasteiger charge is 2.21. The summed E-state index contributed by atoms with van der Waals surface area (Å²) >= 11 is 0. The van der Waals surface area contributed by atoms with E-state index in [4.69, 9.17) is 0 Å². The van der Waals surface area contributed by atoms with E-state index in [0.717, 1.165) is 32.4 Å². The lowest BCUT2D eigenvalue weighted by Crippen LogP contribution is -2.37. The fourth-order valence-electron chi connectivity index (χ4n) is 2.82. The van der Waals surface area contributed by atoms with Crippen LogP contribution in [0.1, 0.15) is 52.9 Å². The molecule has 5 heteroatoms. The number of carbonyl (C=O) groups excluding carboxylic acids is 2. The second kappa shape index (κ2) is 9.03. The number of aliphatic hydroxyl groups excluding tert-OH is 1. The normalized spacial score (nSPS) is 17.9. The molecule has 122 valence electrons. The molecule has 0 radical (unpaired) electrons. The van der Waals surface area contributed by atoms with E-state index >= 15 is 0 Å². The van der Waals surface area contributed by atoms with Crippen molar-refractivity contribution in [1.29, 1.82) is 0 Å². The van der Waals surface area contributed by atoms with E-state index in [-0.39, 0.29) is 11.8 Å². The largest absolute Gasteiger partial charge is 0.391 e. The summed E-state index contributed by atoms with van der Waals surface area (Å²) in [5.74, 6) is 1.13. The minimum Gasteiger partial charge on any atom is -0.391 e. The Balaban J connectivity index is 2.12. The molecule has 1 aliphatic heterocycles. The molecule has 0 aromatic carbocycles. The van der Waals surface area contributed by atoms with Crippen LogP contribution in [0.15, 0.2) is 0 Å². The number of hydrogen-bond acceptors (Lipinski definition) is 3. The lowest BCUT2D eigenvalue weighted by molar-refractivity contribution is -0.130. The molecule has 1 atom stereocenters. The van der Waals surface area contributed by atoms with Crippen LogP contribution in [0, 0.1) is 11.8 Å². The van der Waals surface area contributed by atoms with Crippen LogP contribution in [0.3, 0.4) is 0 Å². The first kappa shape index (κ1) is 18.0. The topological polar surface area (TPSA) is 69.6 Å². The molecule has 1 fully saturated rings. The van der Waals surface area contributed by atoms with Gasteiger partial charge in [-0.2, -0.15) is 0 Å². The maximum atomic E-state index is 11.8. The summed E-state index contributed by atoms with van der Waals surface area (Å²) in [6.07, 6.45) is 3.62. The summed E-state index contributed by atoms with van der Waals surface area (Å²) < 4.78 is 0. The monoisotopic (exact) mass is 298 g/mol. The molecular formula is C16H30N2O3. The van der Waals surface area contributed by atoms with E-state index in [2.05, 4.69) is 19.2 Å². The van der Waals surface area contributed by atoms with Gasteiger partial charge in [-0.1, -0.05) is 13.8 Å². The number of rotatable bonds is 7. The maximum absolute atomic E-state index is 11.8. The third-order valence-corrected chi connectivity index (χ3v) is 4.12. The van der Waals surface area contributed by atoms with Gasteiger partial charge in [-0.25, -0.2) is 0 Å². The number of carbonyl (C=O) groups is 2. The zero-order chi connectivity index (χ0) is 15.8. The van der Waals surface area contributed by atoms with Crippen molar-refractivity contribution in [2.24, 2.45) is 11.8 Å². The molecule has 0 aliphatic carbocycles. The maximum Gasteiger partial charge on any atom is 0.220 e. The highest BCUT2D eigenvalue weighted by molar-refractivity contribution is 5.75. The highest BCUT2D eigenvalue weighted by Crippen LogP contribution is 2.21. The van der Waals surface area contributed by atoms with Gasteiger partial charge in [-0.3, -0.25) is 9.59 Å². The molecule has 0 aromatic heterocycles. The molecule has 1 saturated heterocycles. The van der Waals surface area contributed by atoms with Crippen LogP contribution in [-0.4, -0.2) is 47.6 Å². The SMILES string of the molecule is CC(=O)N1CCC(CCC(=O)NCC(O)CC(C)C)CC1. The lowest BCUT2D eigenvalue weighted by atomic mass is 9.92. The molecule has 1 aliphatic rings. The minimum atomic E-state index is -0.451. The van der Waals surface area contributed by atoms with E-state index in [1.165, 1.54) is 0 Å². The number of aliphatic hydroxyl groups is 1. The van der Waals surface area contributed by atoms with Crippen molar-refractivity contribution in [2.75, 3.05) is 19.6 Å². The van der Waals surface area contributed by atoms with Gasteiger partial charge in [0.15, 0.2) is 0 Å². The molecule has 1 unspecified atom stereocenters. The van der Waals surface area contributed by atoms with E-state index in [1.807, 2.05) is 4.90 Å². The number of likely N-dealkylation sites (tertiary alicyclic amines) is 1. The van der Waals surface area contributed by atoms with E-state index in [0.29, 0.717) is 31.2 Å². The van der Waals surface area contributed by atoms with Crippen LogP contribution < -0.4 is 5.32 Å². The van der Waals surface area contributed by atoms with Crippen LogP contribution in [0.2, 0.25) is 0 Å². The molecule has 1 heterocycles. The predicted molar refractivity (Wildman–Crippen MR) is 82.7 cm³/mol. The average Bonchev–Trinajstić information content (AvgIpc) is 2.42. The first-order valence-electron chi connectivity index (χ1n) is 8.08. The van der Waals surface area contributed by atoms with E-state index in [1.54, 1.807) is 6.92 Å². The molecule has 0 aromatic rings. The fourth-order valence-corrected chi connectivity index (χ4v) is 2.82. The summed E-state index contributed by atoms with van der Waals surface area (Å²) in [7, 11) is 0. The van der Waals surface area contributed by atoms with Crippen molar-refractivity contribution >= 4 is 11.8 Å². The predicted octanol–water partition coefficient (Wildman–Crippen LogP) is 1.55. The molecule has 2 amide bonds. The van der Waals surface area contributed by atoms with Crippen molar-refractivity contribution < 1.29 is 14.7 Å². The van der Waals surface area contributed by atoms with Gasteiger partial charge >= 0.3 is 0 Å². The first-order valence-corrected chi connectivity index (χ1v) is 8.08. The van der Waals surface area contributed by atoms with Crippen LogP contribution in [0.5, 0.6) is 0 Å². The molecular weight excluding hydrogens is 268 g/mol. The Morgan fingerprint density at radius 3 is 2.43 bits per heavy atom. The summed E-state index contributed by atoms with van der Waals surface area (Å²) in [4.78, 5) is 24.9. The third-order valence-electron chi connectivity index (χ3n) is 4.12. The van der Waals surface area contributed by atoms with Crippen molar-refractivity contribution in [1.82, 2.24) is 10.2 Å². The summed E-state index contributed by atoms with van der Waals surface area (Å²) in [5.41, 5.74) is 0. The number of hydrogen-bond donors (Lipinski definition) is 2. The molecule has 1 rings (SSSR count). The number of piperidine rings is 1.